The number of carbonyl (C=O) groups is 2. The first-order chi connectivity index (χ1) is 8.75. The monoisotopic (exact) mass is 265 g/mol. The van der Waals surface area contributed by atoms with Crippen molar-refractivity contribution < 1.29 is 9.59 Å². The predicted octanol–water partition coefficient (Wildman–Crippen LogP) is 1.46. The van der Waals surface area contributed by atoms with Crippen molar-refractivity contribution in [3.8, 4) is 0 Å². The van der Waals surface area contributed by atoms with E-state index in [0.717, 1.165) is 11.6 Å². The van der Waals surface area contributed by atoms with Gasteiger partial charge in [-0.3, -0.25) is 14.5 Å². The summed E-state index contributed by atoms with van der Waals surface area (Å²) < 4.78 is 2.13. The van der Waals surface area contributed by atoms with Crippen LogP contribution in [0.3, 0.4) is 0 Å². The lowest BCUT2D eigenvalue weighted by Gasteiger charge is -2.13. The molecule has 0 radical (unpaired) electrons. The summed E-state index contributed by atoms with van der Waals surface area (Å²) in [4.78, 5) is 29.0. The molecule has 1 aliphatic heterocycles. The van der Waals surface area contributed by atoms with E-state index in [1.54, 1.807) is 6.20 Å². The molecule has 18 heavy (non-hydrogen) atoms. The van der Waals surface area contributed by atoms with Gasteiger partial charge in [0.05, 0.1) is 5.75 Å². The second-order valence-electron chi connectivity index (χ2n) is 4.68. The Kier molecular flexibility index (Phi) is 3.11. The zero-order chi connectivity index (χ0) is 12.5. The molecule has 0 bridgehead atoms. The van der Waals surface area contributed by atoms with Gasteiger partial charge in [0.15, 0.2) is 5.16 Å². The van der Waals surface area contributed by atoms with E-state index in [0.29, 0.717) is 24.8 Å². The fourth-order valence-corrected chi connectivity index (χ4v) is 3.06. The maximum absolute atomic E-state index is 11.9. The van der Waals surface area contributed by atoms with Gasteiger partial charge in [-0.05, 0) is 19.3 Å². The van der Waals surface area contributed by atoms with Crippen molar-refractivity contribution in [2.45, 2.75) is 36.9 Å². The van der Waals surface area contributed by atoms with Gasteiger partial charge in [0, 0.05) is 31.4 Å². The number of imidazole rings is 1. The highest BCUT2D eigenvalue weighted by atomic mass is 32.2. The summed E-state index contributed by atoms with van der Waals surface area (Å²) in [5.74, 6) is 0.175. The fourth-order valence-electron chi connectivity index (χ4n) is 2.16. The van der Waals surface area contributed by atoms with E-state index in [2.05, 4.69) is 9.55 Å². The Morgan fingerprint density at radius 3 is 3.00 bits per heavy atom. The fraction of sp³-hybridized carbons (Fsp3) is 0.583. The minimum atomic E-state index is -0.0900. The molecule has 2 aliphatic rings. The molecule has 1 saturated heterocycles. The lowest BCUT2D eigenvalue weighted by molar-refractivity contribution is -0.140. The third kappa shape index (κ3) is 2.29. The molecule has 6 heteroatoms. The average molecular weight is 265 g/mol. The van der Waals surface area contributed by atoms with Gasteiger partial charge < -0.3 is 4.57 Å². The number of amides is 2. The molecule has 2 heterocycles. The lowest BCUT2D eigenvalue weighted by atomic mass is 10.4. The van der Waals surface area contributed by atoms with E-state index in [1.165, 1.54) is 29.5 Å². The maximum Gasteiger partial charge on any atom is 0.239 e. The largest absolute Gasteiger partial charge is 0.323 e. The summed E-state index contributed by atoms with van der Waals surface area (Å²) in [5, 5.41) is 0.887. The highest BCUT2D eigenvalue weighted by molar-refractivity contribution is 7.99. The van der Waals surface area contributed by atoms with Gasteiger partial charge in [0.1, 0.15) is 0 Å². The highest BCUT2D eigenvalue weighted by Gasteiger charge is 2.28. The zero-order valence-electron chi connectivity index (χ0n) is 10.0. The summed E-state index contributed by atoms with van der Waals surface area (Å²) in [6, 6.07) is 0.568. The van der Waals surface area contributed by atoms with Crippen LogP contribution in [-0.4, -0.2) is 38.6 Å². The number of aromatic nitrogens is 2. The van der Waals surface area contributed by atoms with Gasteiger partial charge in [-0.15, -0.1) is 0 Å². The topological polar surface area (TPSA) is 55.2 Å². The first kappa shape index (κ1) is 11.8. The van der Waals surface area contributed by atoms with E-state index < -0.39 is 0 Å². The summed E-state index contributed by atoms with van der Waals surface area (Å²) in [5.41, 5.74) is 0. The molecule has 96 valence electrons. The quantitative estimate of drug-likeness (QED) is 0.773. The van der Waals surface area contributed by atoms with Crippen molar-refractivity contribution in [2.24, 2.45) is 0 Å². The summed E-state index contributed by atoms with van der Waals surface area (Å²) >= 11 is 1.43. The lowest BCUT2D eigenvalue weighted by Crippen LogP contribution is -2.33. The molecule has 5 nitrogen and oxygen atoms in total. The van der Waals surface area contributed by atoms with Gasteiger partial charge in [-0.25, -0.2) is 4.98 Å². The van der Waals surface area contributed by atoms with E-state index in [4.69, 9.17) is 0 Å². The van der Waals surface area contributed by atoms with Crippen LogP contribution < -0.4 is 0 Å². The number of likely N-dealkylation sites (tertiary alicyclic amines) is 1. The summed E-state index contributed by atoms with van der Waals surface area (Å²) in [7, 11) is 0. The second-order valence-corrected chi connectivity index (χ2v) is 5.62. The van der Waals surface area contributed by atoms with Crippen molar-refractivity contribution in [2.75, 3.05) is 12.3 Å². The van der Waals surface area contributed by atoms with Crippen LogP contribution in [0.25, 0.3) is 0 Å². The van der Waals surface area contributed by atoms with Crippen LogP contribution in [0.5, 0.6) is 0 Å². The highest BCUT2D eigenvalue weighted by Crippen LogP contribution is 2.37. The average Bonchev–Trinajstić information content (AvgIpc) is 2.94. The Labute approximate surface area is 110 Å². The number of rotatable bonds is 4. The molecule has 1 aliphatic carbocycles. The summed E-state index contributed by atoms with van der Waals surface area (Å²) in [6.45, 7) is 0.579. The molecular formula is C12H15N3O2S. The SMILES string of the molecule is O=C1CCCN1C(=O)CSc1nccn1C1CC1. The minimum absolute atomic E-state index is 0.0360. The van der Waals surface area contributed by atoms with Crippen LogP contribution in [0.15, 0.2) is 17.6 Å². The molecule has 0 aromatic carbocycles. The second kappa shape index (κ2) is 4.76. The molecular weight excluding hydrogens is 250 g/mol. The first-order valence-electron chi connectivity index (χ1n) is 6.24. The van der Waals surface area contributed by atoms with Crippen molar-refractivity contribution in [3.05, 3.63) is 12.4 Å². The van der Waals surface area contributed by atoms with E-state index in [-0.39, 0.29) is 11.8 Å². The Morgan fingerprint density at radius 1 is 1.50 bits per heavy atom. The number of thioether (sulfide) groups is 1. The number of carbonyl (C=O) groups excluding carboxylic acids is 2. The van der Waals surface area contributed by atoms with Gasteiger partial charge in [-0.1, -0.05) is 11.8 Å². The third-order valence-electron chi connectivity index (χ3n) is 3.27. The Morgan fingerprint density at radius 2 is 2.33 bits per heavy atom. The normalized spacial score (nSPS) is 19.6. The molecule has 1 aromatic heterocycles. The van der Waals surface area contributed by atoms with Crippen LogP contribution in [0.1, 0.15) is 31.7 Å². The molecule has 0 atom stereocenters. The Balaban J connectivity index is 1.58. The van der Waals surface area contributed by atoms with Crippen LogP contribution in [0.2, 0.25) is 0 Å². The van der Waals surface area contributed by atoms with Gasteiger partial charge >= 0.3 is 0 Å². The summed E-state index contributed by atoms with van der Waals surface area (Å²) in [6.07, 6.45) is 7.43. The smallest absolute Gasteiger partial charge is 0.239 e. The van der Waals surface area contributed by atoms with Crippen LogP contribution in [0, 0.1) is 0 Å². The van der Waals surface area contributed by atoms with Gasteiger partial charge in [0.2, 0.25) is 11.8 Å². The zero-order valence-corrected chi connectivity index (χ0v) is 10.9. The molecule has 0 N–H and O–H groups in total. The number of hydrogen-bond acceptors (Lipinski definition) is 4. The number of imide groups is 1. The third-order valence-corrected chi connectivity index (χ3v) is 4.24. The van der Waals surface area contributed by atoms with Crippen molar-refractivity contribution in [3.63, 3.8) is 0 Å². The van der Waals surface area contributed by atoms with Crippen LogP contribution >= 0.6 is 11.8 Å². The van der Waals surface area contributed by atoms with E-state index >= 15 is 0 Å². The number of nitrogens with zero attached hydrogens (tertiary/aromatic N) is 3. The maximum atomic E-state index is 11.9. The van der Waals surface area contributed by atoms with E-state index in [1.807, 2.05) is 6.20 Å². The molecule has 2 fully saturated rings. The number of hydrogen-bond donors (Lipinski definition) is 0. The molecule has 1 saturated carbocycles. The predicted molar refractivity (Wildman–Crippen MR) is 67.2 cm³/mol. The molecule has 0 spiro atoms. The standard InChI is InChI=1S/C12H15N3O2S/c16-10-2-1-6-15(10)11(17)8-18-12-13-5-7-14(12)9-3-4-9/h5,7,9H,1-4,6,8H2. The molecule has 3 rings (SSSR count). The van der Waals surface area contributed by atoms with Crippen LogP contribution in [-0.2, 0) is 9.59 Å². The van der Waals surface area contributed by atoms with Gasteiger partial charge in [0.25, 0.3) is 0 Å². The van der Waals surface area contributed by atoms with Gasteiger partial charge in [-0.2, -0.15) is 0 Å². The minimum Gasteiger partial charge on any atom is -0.323 e. The van der Waals surface area contributed by atoms with Crippen molar-refractivity contribution in [1.29, 1.82) is 0 Å². The molecule has 0 unspecified atom stereocenters. The van der Waals surface area contributed by atoms with Crippen molar-refractivity contribution in [1.82, 2.24) is 14.5 Å². The Hall–Kier alpha value is -1.30. The first-order valence-corrected chi connectivity index (χ1v) is 7.23. The van der Waals surface area contributed by atoms with Crippen molar-refractivity contribution >= 4 is 23.6 Å². The Bertz CT molecular complexity index is 481. The van der Waals surface area contributed by atoms with Crippen LogP contribution in [0.4, 0.5) is 0 Å². The molecule has 1 aromatic rings. The molecule has 2 amide bonds. The van der Waals surface area contributed by atoms with E-state index in [9.17, 15) is 9.59 Å².